The molecule has 0 aromatic rings. The van der Waals surface area contributed by atoms with E-state index in [4.69, 9.17) is 13.8 Å². The Bertz CT molecular complexity index is 1490. The highest BCUT2D eigenvalue weighted by Gasteiger charge is 2.30. The van der Waals surface area contributed by atoms with Crippen LogP contribution in [-0.2, 0) is 27.9 Å². The van der Waals surface area contributed by atoms with Crippen LogP contribution in [0.15, 0.2) is 48.6 Å². The van der Waals surface area contributed by atoms with Gasteiger partial charge in [-0.1, -0.05) is 275 Å². The number of nitrogens with zero attached hydrogens (tertiary/aromatic N) is 1. The number of hydrogen-bond donors (Lipinski definition) is 2. The SMILES string of the molecule is CCCCC/C=C\C/C=C\CCCCCCCCCCCCCCCCCCCC(=O)OC(/C=C\CCCCCCCCCCCCC)C(COP(=O)(O)OCC[N+](C)(C)C)NC(=O)CCCCC/C=C\CCCCCCCC. The second kappa shape index (κ2) is 59.1. The van der Waals surface area contributed by atoms with Crippen molar-refractivity contribution in [2.45, 2.75) is 341 Å². The zero-order valence-electron chi connectivity index (χ0n) is 53.1. The lowest BCUT2D eigenvalue weighted by Gasteiger charge is -2.27. The van der Waals surface area contributed by atoms with Crippen molar-refractivity contribution in [3.63, 3.8) is 0 Å². The van der Waals surface area contributed by atoms with Gasteiger partial charge in [-0.2, -0.15) is 0 Å². The van der Waals surface area contributed by atoms with Gasteiger partial charge in [-0.15, -0.1) is 0 Å². The van der Waals surface area contributed by atoms with Crippen molar-refractivity contribution in [3.05, 3.63) is 48.6 Å². The molecule has 0 fully saturated rings. The van der Waals surface area contributed by atoms with Crippen molar-refractivity contribution in [2.75, 3.05) is 40.9 Å². The minimum atomic E-state index is -4.45. The van der Waals surface area contributed by atoms with Crippen molar-refractivity contribution < 1.29 is 37.3 Å². The number of rotatable bonds is 62. The molecule has 79 heavy (non-hydrogen) atoms. The van der Waals surface area contributed by atoms with Gasteiger partial charge >= 0.3 is 13.8 Å². The average molecular weight is 1130 g/mol. The molecule has 10 heteroatoms. The standard InChI is InChI=1S/C69H131N2O7P/c1-7-10-13-16-19-22-25-28-29-30-31-32-33-34-35-36-37-38-39-40-41-44-47-50-53-56-59-62-69(73)78-67(60-57-54-51-48-45-42-26-23-20-17-14-11-8-2)66(65-77-79(74,75)76-64-63-71(4,5)6)70-68(72)61-58-55-52-49-46-43-27-24-21-18-15-12-9-3/h19,22,28-29,43,46,57,60,66-67H,7-18,20-21,23-27,30-42,44-45,47-56,58-59,61-65H2,1-6H3,(H-,70,72,74,75)/p+1/b22-19-,29-28-,46-43-,60-57-. The third kappa shape index (κ3) is 60.4. The van der Waals surface area contributed by atoms with Crippen molar-refractivity contribution in [1.82, 2.24) is 5.32 Å². The number of amides is 1. The fourth-order valence-electron chi connectivity index (χ4n) is 9.97. The van der Waals surface area contributed by atoms with Gasteiger partial charge in [0.05, 0.1) is 33.8 Å². The molecule has 464 valence electrons. The number of unbranched alkanes of at least 4 members (excludes halogenated alkanes) is 40. The quantitative estimate of drug-likeness (QED) is 0.0205. The van der Waals surface area contributed by atoms with Crippen LogP contribution in [0.1, 0.15) is 329 Å². The van der Waals surface area contributed by atoms with E-state index in [2.05, 4.69) is 62.5 Å². The molecule has 0 rings (SSSR count). The van der Waals surface area contributed by atoms with Crippen LogP contribution in [0.4, 0.5) is 0 Å². The summed E-state index contributed by atoms with van der Waals surface area (Å²) in [6.07, 6.45) is 74.1. The number of phosphoric acid groups is 1. The normalized spacial score (nSPS) is 13.9. The number of ether oxygens (including phenoxy) is 1. The maximum absolute atomic E-state index is 13.5. The number of esters is 1. The topological polar surface area (TPSA) is 111 Å². The molecule has 0 aliphatic carbocycles. The highest BCUT2D eigenvalue weighted by Crippen LogP contribution is 2.43. The molecule has 0 spiro atoms. The van der Waals surface area contributed by atoms with Crippen LogP contribution in [0.3, 0.4) is 0 Å². The van der Waals surface area contributed by atoms with E-state index in [1.165, 1.54) is 218 Å². The lowest BCUT2D eigenvalue weighted by Crippen LogP contribution is -2.47. The minimum Gasteiger partial charge on any atom is -0.456 e. The van der Waals surface area contributed by atoms with Crippen LogP contribution in [0, 0.1) is 0 Å². The zero-order valence-corrected chi connectivity index (χ0v) is 54.0. The predicted octanol–water partition coefficient (Wildman–Crippen LogP) is 21.2. The van der Waals surface area contributed by atoms with E-state index >= 15 is 0 Å². The first-order valence-corrected chi connectivity index (χ1v) is 35.5. The van der Waals surface area contributed by atoms with Crippen LogP contribution >= 0.6 is 7.82 Å². The minimum absolute atomic E-state index is 0.0390. The number of allylic oxidation sites excluding steroid dienone is 7. The summed E-state index contributed by atoms with van der Waals surface area (Å²) < 4.78 is 30.7. The molecule has 3 atom stereocenters. The monoisotopic (exact) mass is 1130 g/mol. The first kappa shape index (κ1) is 77.0. The fourth-order valence-corrected chi connectivity index (χ4v) is 10.7. The lowest BCUT2D eigenvalue weighted by atomic mass is 10.0. The second-order valence-electron chi connectivity index (χ2n) is 24.3. The van der Waals surface area contributed by atoms with Crippen molar-refractivity contribution >= 4 is 19.7 Å². The average Bonchev–Trinajstić information content (AvgIpc) is 3.41. The molecule has 0 saturated heterocycles. The van der Waals surface area contributed by atoms with E-state index in [1.54, 1.807) is 0 Å². The summed E-state index contributed by atoms with van der Waals surface area (Å²) in [4.78, 5) is 37.8. The third-order valence-corrected chi connectivity index (χ3v) is 16.2. The van der Waals surface area contributed by atoms with Crippen LogP contribution in [0.5, 0.6) is 0 Å². The van der Waals surface area contributed by atoms with Gasteiger partial charge in [0.1, 0.15) is 19.3 Å². The molecule has 9 nitrogen and oxygen atoms in total. The number of quaternary nitrogens is 1. The first-order valence-electron chi connectivity index (χ1n) is 34.0. The smallest absolute Gasteiger partial charge is 0.456 e. The molecule has 3 unspecified atom stereocenters. The fraction of sp³-hybridized carbons (Fsp3) is 0.855. The Morgan fingerprint density at radius 3 is 1.19 bits per heavy atom. The summed E-state index contributed by atoms with van der Waals surface area (Å²) in [5.74, 6) is -0.511. The summed E-state index contributed by atoms with van der Waals surface area (Å²) in [5.41, 5.74) is 0. The van der Waals surface area contributed by atoms with Gasteiger partial charge in [-0.25, -0.2) is 4.57 Å². The molecule has 0 aliphatic heterocycles. The van der Waals surface area contributed by atoms with Gasteiger partial charge in [-0.3, -0.25) is 18.6 Å². The molecule has 0 radical (unpaired) electrons. The van der Waals surface area contributed by atoms with Crippen LogP contribution < -0.4 is 5.32 Å². The number of likely N-dealkylation sites (N-methyl/N-ethyl adjacent to an activating group) is 1. The van der Waals surface area contributed by atoms with Gasteiger partial charge in [0, 0.05) is 12.8 Å². The molecule has 0 aromatic heterocycles. The van der Waals surface area contributed by atoms with Crippen LogP contribution in [-0.4, -0.2) is 74.3 Å². The number of carbonyl (C=O) groups excluding carboxylic acids is 2. The molecule has 0 aromatic carbocycles. The highest BCUT2D eigenvalue weighted by atomic mass is 31.2. The number of hydrogen-bond acceptors (Lipinski definition) is 6. The maximum Gasteiger partial charge on any atom is 0.472 e. The van der Waals surface area contributed by atoms with Crippen molar-refractivity contribution in [3.8, 4) is 0 Å². The summed E-state index contributed by atoms with van der Waals surface area (Å²) >= 11 is 0. The molecular weight excluding hydrogens is 1000 g/mol. The largest absolute Gasteiger partial charge is 0.472 e. The summed E-state index contributed by atoms with van der Waals surface area (Å²) in [6.45, 7) is 7.01. The number of nitrogens with one attached hydrogen (secondary N) is 1. The molecule has 0 bridgehead atoms. The summed E-state index contributed by atoms with van der Waals surface area (Å²) in [5, 5.41) is 3.05. The van der Waals surface area contributed by atoms with Gasteiger partial charge in [0.15, 0.2) is 0 Å². The third-order valence-electron chi connectivity index (χ3n) is 15.2. The summed E-state index contributed by atoms with van der Waals surface area (Å²) in [7, 11) is 1.50. The number of carbonyl (C=O) groups is 2. The Morgan fingerprint density at radius 1 is 0.443 bits per heavy atom. The molecule has 0 aliphatic rings. The molecule has 0 saturated carbocycles. The van der Waals surface area contributed by atoms with E-state index in [0.717, 1.165) is 77.0 Å². The van der Waals surface area contributed by atoms with Gasteiger partial charge in [0.2, 0.25) is 5.91 Å². The van der Waals surface area contributed by atoms with E-state index in [1.807, 2.05) is 33.3 Å². The Kier molecular flexibility index (Phi) is 57.6. The van der Waals surface area contributed by atoms with Gasteiger partial charge < -0.3 is 19.4 Å². The Balaban J connectivity index is 5.01. The number of phosphoric ester groups is 1. The summed E-state index contributed by atoms with van der Waals surface area (Å²) in [6, 6.07) is -0.854. The van der Waals surface area contributed by atoms with E-state index in [-0.39, 0.29) is 25.1 Å². The van der Waals surface area contributed by atoms with E-state index in [9.17, 15) is 19.0 Å². The van der Waals surface area contributed by atoms with Crippen LogP contribution in [0.25, 0.3) is 0 Å². The molecule has 1 amide bonds. The highest BCUT2D eigenvalue weighted by molar-refractivity contribution is 7.47. The van der Waals surface area contributed by atoms with E-state index in [0.29, 0.717) is 23.9 Å². The first-order chi connectivity index (χ1) is 38.4. The molecule has 0 heterocycles. The Hall–Kier alpha value is -2.03. The second-order valence-corrected chi connectivity index (χ2v) is 25.8. The van der Waals surface area contributed by atoms with Gasteiger partial charge in [0.25, 0.3) is 0 Å². The molecule has 2 N–H and O–H groups in total. The lowest BCUT2D eigenvalue weighted by molar-refractivity contribution is -0.870. The Labute approximate surface area is 490 Å². The van der Waals surface area contributed by atoms with E-state index < -0.39 is 20.0 Å². The zero-order chi connectivity index (χ0) is 57.9. The maximum atomic E-state index is 13.5. The molecular formula is C69H132N2O7P+. The Morgan fingerprint density at radius 2 is 0.772 bits per heavy atom. The van der Waals surface area contributed by atoms with Crippen LogP contribution in [0.2, 0.25) is 0 Å². The van der Waals surface area contributed by atoms with Crippen molar-refractivity contribution in [1.29, 1.82) is 0 Å². The predicted molar refractivity (Wildman–Crippen MR) is 342 cm³/mol. The van der Waals surface area contributed by atoms with Crippen molar-refractivity contribution in [2.24, 2.45) is 0 Å². The van der Waals surface area contributed by atoms with Gasteiger partial charge in [-0.05, 0) is 89.5 Å².